The van der Waals surface area contributed by atoms with Crippen LogP contribution in [0.5, 0.6) is 0 Å². The molecule has 2 N–H and O–H groups in total. The van der Waals surface area contributed by atoms with E-state index in [4.69, 9.17) is 5.11 Å². The summed E-state index contributed by atoms with van der Waals surface area (Å²) in [5.41, 5.74) is 2.64. The number of carboxylic acids is 1. The molecule has 0 unspecified atom stereocenters. The second-order valence-corrected chi connectivity index (χ2v) is 3.41. The lowest BCUT2D eigenvalue weighted by molar-refractivity contribution is -0.131. The minimum atomic E-state index is -1.13. The van der Waals surface area contributed by atoms with E-state index >= 15 is 0 Å². The van der Waals surface area contributed by atoms with Crippen molar-refractivity contribution in [1.82, 2.24) is 10.3 Å². The molecule has 0 aromatic carbocycles. The molecule has 80 valence electrons. The van der Waals surface area contributed by atoms with E-state index < -0.39 is 11.9 Å². The average molecular weight is 226 g/mol. The molecule has 15 heavy (non-hydrogen) atoms. The van der Waals surface area contributed by atoms with Gasteiger partial charge in [-0.2, -0.15) is 0 Å². The molecule has 1 amide bonds. The monoisotopic (exact) mass is 226 g/mol. The van der Waals surface area contributed by atoms with Gasteiger partial charge in [-0.15, -0.1) is 11.3 Å². The summed E-state index contributed by atoms with van der Waals surface area (Å²) in [6, 6.07) is 0. The molecule has 0 bridgehead atoms. The van der Waals surface area contributed by atoms with Crippen LogP contribution in [0, 0.1) is 0 Å². The maximum absolute atomic E-state index is 11.0. The Balaban J connectivity index is 2.20. The number of nitrogens with one attached hydrogen (secondary N) is 1. The first-order chi connectivity index (χ1) is 7.18. The number of aliphatic carboxylic acids is 1. The lowest BCUT2D eigenvalue weighted by Gasteiger charge is -1.98. The van der Waals surface area contributed by atoms with E-state index in [1.165, 1.54) is 11.3 Å². The Morgan fingerprint density at radius 2 is 2.33 bits per heavy atom. The number of hydrogen-bond acceptors (Lipinski definition) is 4. The quantitative estimate of drug-likeness (QED) is 0.714. The first-order valence-corrected chi connectivity index (χ1v) is 5.18. The van der Waals surface area contributed by atoms with Crippen LogP contribution in [-0.2, 0) is 16.0 Å². The Bertz CT molecular complexity index is 359. The zero-order valence-corrected chi connectivity index (χ0v) is 8.66. The molecule has 0 atom stereocenters. The molecule has 0 saturated heterocycles. The lowest BCUT2D eigenvalue weighted by Crippen LogP contribution is -2.23. The third kappa shape index (κ3) is 4.92. The fourth-order valence-electron chi connectivity index (χ4n) is 0.881. The highest BCUT2D eigenvalue weighted by atomic mass is 32.1. The smallest absolute Gasteiger partial charge is 0.328 e. The molecule has 0 aliphatic carbocycles. The maximum Gasteiger partial charge on any atom is 0.328 e. The largest absolute Gasteiger partial charge is 0.478 e. The van der Waals surface area contributed by atoms with Crippen LogP contribution in [0.15, 0.2) is 23.0 Å². The summed E-state index contributed by atoms with van der Waals surface area (Å²) >= 11 is 1.50. The molecule has 1 heterocycles. The van der Waals surface area contributed by atoms with Gasteiger partial charge in [-0.05, 0) is 0 Å². The van der Waals surface area contributed by atoms with E-state index in [1.54, 1.807) is 5.51 Å². The van der Waals surface area contributed by atoms with E-state index in [9.17, 15) is 9.59 Å². The number of nitrogens with zero attached hydrogens (tertiary/aromatic N) is 1. The van der Waals surface area contributed by atoms with Crippen molar-refractivity contribution < 1.29 is 14.7 Å². The van der Waals surface area contributed by atoms with Crippen LogP contribution in [0.3, 0.4) is 0 Å². The zero-order valence-electron chi connectivity index (χ0n) is 7.84. The van der Waals surface area contributed by atoms with Crippen molar-refractivity contribution in [3.8, 4) is 0 Å². The fourth-order valence-corrected chi connectivity index (χ4v) is 1.47. The Hall–Kier alpha value is -1.69. The number of carbonyl (C=O) groups excluding carboxylic acids is 1. The number of carboxylic acid groups (broad SMARTS) is 1. The molecule has 1 aromatic rings. The zero-order chi connectivity index (χ0) is 11.1. The SMILES string of the molecule is O=C(O)C=CC(=O)NCCc1cscn1. The summed E-state index contributed by atoms with van der Waals surface area (Å²) in [6.45, 7) is 0.451. The van der Waals surface area contributed by atoms with Gasteiger partial charge in [-0.1, -0.05) is 0 Å². The van der Waals surface area contributed by atoms with Crippen LogP contribution in [0.25, 0.3) is 0 Å². The van der Waals surface area contributed by atoms with Crippen molar-refractivity contribution in [2.75, 3.05) is 6.54 Å². The normalized spacial score (nSPS) is 10.4. The number of thiazole rings is 1. The van der Waals surface area contributed by atoms with Gasteiger partial charge in [-0.25, -0.2) is 9.78 Å². The van der Waals surface area contributed by atoms with Crippen LogP contribution in [0.1, 0.15) is 5.69 Å². The van der Waals surface area contributed by atoms with Crippen molar-refractivity contribution in [3.63, 3.8) is 0 Å². The van der Waals surface area contributed by atoms with Crippen LogP contribution >= 0.6 is 11.3 Å². The number of aromatic nitrogens is 1. The van der Waals surface area contributed by atoms with E-state index in [1.807, 2.05) is 5.38 Å². The topological polar surface area (TPSA) is 79.3 Å². The van der Waals surface area contributed by atoms with Crippen LogP contribution in [-0.4, -0.2) is 28.5 Å². The van der Waals surface area contributed by atoms with E-state index in [0.29, 0.717) is 13.0 Å². The molecular formula is C9H10N2O3S. The minimum Gasteiger partial charge on any atom is -0.478 e. The molecule has 1 rings (SSSR count). The highest BCUT2D eigenvalue weighted by Gasteiger charge is 1.98. The summed E-state index contributed by atoms with van der Waals surface area (Å²) < 4.78 is 0. The van der Waals surface area contributed by atoms with E-state index in [0.717, 1.165) is 17.8 Å². The Labute approximate surface area is 90.5 Å². The van der Waals surface area contributed by atoms with Gasteiger partial charge >= 0.3 is 5.97 Å². The van der Waals surface area contributed by atoms with Crippen molar-refractivity contribution in [2.45, 2.75) is 6.42 Å². The van der Waals surface area contributed by atoms with E-state index in [2.05, 4.69) is 10.3 Å². The first kappa shape index (κ1) is 11.4. The second kappa shape index (κ2) is 5.92. The maximum atomic E-state index is 11.0. The van der Waals surface area contributed by atoms with Crippen LogP contribution < -0.4 is 5.32 Å². The molecule has 0 radical (unpaired) electrons. The Morgan fingerprint density at radius 1 is 1.53 bits per heavy atom. The molecule has 0 spiro atoms. The van der Waals surface area contributed by atoms with Crippen molar-refractivity contribution in [1.29, 1.82) is 0 Å². The fraction of sp³-hybridized carbons (Fsp3) is 0.222. The number of carbonyl (C=O) groups is 2. The minimum absolute atomic E-state index is 0.410. The molecule has 0 saturated carbocycles. The summed E-state index contributed by atoms with van der Waals surface area (Å²) in [6.07, 6.45) is 2.44. The first-order valence-electron chi connectivity index (χ1n) is 4.24. The van der Waals surface area contributed by atoms with Gasteiger partial charge in [0.05, 0.1) is 11.2 Å². The molecule has 0 aliphatic rings. The summed E-state index contributed by atoms with van der Waals surface area (Å²) in [4.78, 5) is 25.1. The number of amides is 1. The molecule has 1 aromatic heterocycles. The number of hydrogen-bond donors (Lipinski definition) is 2. The van der Waals surface area contributed by atoms with Gasteiger partial charge in [0, 0.05) is 30.5 Å². The average Bonchev–Trinajstić information content (AvgIpc) is 2.67. The molecule has 6 heteroatoms. The van der Waals surface area contributed by atoms with Crippen molar-refractivity contribution in [2.24, 2.45) is 0 Å². The van der Waals surface area contributed by atoms with Gasteiger partial charge in [-0.3, -0.25) is 4.79 Å². The van der Waals surface area contributed by atoms with Gasteiger partial charge < -0.3 is 10.4 Å². The highest BCUT2D eigenvalue weighted by Crippen LogP contribution is 2.00. The highest BCUT2D eigenvalue weighted by molar-refractivity contribution is 7.07. The van der Waals surface area contributed by atoms with Crippen molar-refractivity contribution >= 4 is 23.2 Å². The lowest BCUT2D eigenvalue weighted by atomic mass is 10.3. The van der Waals surface area contributed by atoms with Gasteiger partial charge in [0.15, 0.2) is 0 Å². The Kier molecular flexibility index (Phi) is 4.49. The standard InChI is InChI=1S/C9H10N2O3S/c12-8(1-2-9(13)14)10-4-3-7-5-15-6-11-7/h1-2,5-6H,3-4H2,(H,10,12)(H,13,14). The van der Waals surface area contributed by atoms with Crippen LogP contribution in [0.4, 0.5) is 0 Å². The van der Waals surface area contributed by atoms with Gasteiger partial charge in [0.1, 0.15) is 0 Å². The third-order valence-electron chi connectivity index (χ3n) is 1.54. The van der Waals surface area contributed by atoms with Gasteiger partial charge in [0.25, 0.3) is 0 Å². The predicted octanol–water partition coefficient (Wildman–Crippen LogP) is 0.443. The van der Waals surface area contributed by atoms with Crippen LogP contribution in [0.2, 0.25) is 0 Å². The predicted molar refractivity (Wildman–Crippen MR) is 55.6 cm³/mol. The van der Waals surface area contributed by atoms with Gasteiger partial charge in [0.2, 0.25) is 5.91 Å². The summed E-state index contributed by atoms with van der Waals surface area (Å²) in [5.74, 6) is -1.54. The van der Waals surface area contributed by atoms with E-state index in [-0.39, 0.29) is 0 Å². The summed E-state index contributed by atoms with van der Waals surface area (Å²) in [5, 5.41) is 12.7. The molecular weight excluding hydrogens is 216 g/mol. The molecule has 5 nitrogen and oxygen atoms in total. The Morgan fingerprint density at radius 3 is 2.93 bits per heavy atom. The summed E-state index contributed by atoms with van der Waals surface area (Å²) in [7, 11) is 0. The third-order valence-corrected chi connectivity index (χ3v) is 2.18. The molecule has 0 fully saturated rings. The van der Waals surface area contributed by atoms with Crippen molar-refractivity contribution in [3.05, 3.63) is 28.7 Å². The second-order valence-electron chi connectivity index (χ2n) is 2.69. The number of rotatable bonds is 5. The molecule has 0 aliphatic heterocycles.